The van der Waals surface area contributed by atoms with Gasteiger partial charge in [-0.25, -0.2) is 0 Å². The summed E-state index contributed by atoms with van der Waals surface area (Å²) in [5, 5.41) is 2.94. The smallest absolute Gasteiger partial charge is 0.249 e. The molecule has 16 heavy (non-hydrogen) atoms. The van der Waals surface area contributed by atoms with Crippen LogP contribution in [-0.4, -0.2) is 30.0 Å². The van der Waals surface area contributed by atoms with Crippen LogP contribution in [-0.2, 0) is 9.53 Å². The summed E-state index contributed by atoms with van der Waals surface area (Å²) in [4.78, 5) is 12.0. The van der Waals surface area contributed by atoms with Crippen LogP contribution in [0.15, 0.2) is 0 Å². The number of hydrogen-bond donors (Lipinski definition) is 1. The summed E-state index contributed by atoms with van der Waals surface area (Å²) in [5.41, 5.74) is 0.281. The van der Waals surface area contributed by atoms with Gasteiger partial charge in [0.1, 0.15) is 6.10 Å². The van der Waals surface area contributed by atoms with E-state index in [1.807, 2.05) is 0 Å². The number of ether oxygens (including phenoxy) is 1. The highest BCUT2D eigenvalue weighted by atomic mass is 79.9. The first-order valence-corrected chi connectivity index (χ1v) is 6.83. The summed E-state index contributed by atoms with van der Waals surface area (Å²) in [7, 11) is 0. The van der Waals surface area contributed by atoms with E-state index in [1.54, 1.807) is 0 Å². The van der Waals surface area contributed by atoms with E-state index in [0.29, 0.717) is 11.4 Å². The maximum absolute atomic E-state index is 11.7. The van der Waals surface area contributed by atoms with Crippen molar-refractivity contribution in [1.29, 1.82) is 0 Å². The Morgan fingerprint density at radius 2 is 2.25 bits per heavy atom. The SMILES string of the molecule is CC(C)(C)CC(Br)CNC(=O)C1CCCO1. The summed E-state index contributed by atoms with van der Waals surface area (Å²) < 4.78 is 5.32. The lowest BCUT2D eigenvalue weighted by atomic mass is 9.90. The van der Waals surface area contributed by atoms with E-state index in [0.717, 1.165) is 25.9 Å². The van der Waals surface area contributed by atoms with E-state index in [-0.39, 0.29) is 17.4 Å². The van der Waals surface area contributed by atoms with Gasteiger partial charge in [0.2, 0.25) is 5.91 Å². The average Bonchev–Trinajstić information content (AvgIpc) is 2.64. The van der Waals surface area contributed by atoms with Gasteiger partial charge in [0, 0.05) is 18.0 Å². The molecule has 0 aromatic heterocycles. The zero-order valence-electron chi connectivity index (χ0n) is 10.4. The molecule has 1 rings (SSSR count). The number of nitrogens with one attached hydrogen (secondary N) is 1. The fraction of sp³-hybridized carbons (Fsp3) is 0.917. The van der Waals surface area contributed by atoms with Gasteiger partial charge in [-0.15, -0.1) is 0 Å². The number of carbonyl (C=O) groups excluding carboxylic acids is 1. The lowest BCUT2D eigenvalue weighted by Gasteiger charge is -2.22. The van der Waals surface area contributed by atoms with Gasteiger partial charge in [0.15, 0.2) is 0 Å². The molecule has 0 aromatic rings. The third kappa shape index (κ3) is 5.30. The number of rotatable bonds is 4. The minimum absolute atomic E-state index is 0.0378. The summed E-state index contributed by atoms with van der Waals surface area (Å²) >= 11 is 3.60. The largest absolute Gasteiger partial charge is 0.368 e. The third-order valence-corrected chi connectivity index (χ3v) is 3.20. The Kier molecular flexibility index (Phi) is 5.25. The van der Waals surface area contributed by atoms with Crippen molar-refractivity contribution in [3.8, 4) is 0 Å². The highest BCUT2D eigenvalue weighted by Crippen LogP contribution is 2.24. The van der Waals surface area contributed by atoms with E-state index in [4.69, 9.17) is 4.74 Å². The maximum Gasteiger partial charge on any atom is 0.249 e. The van der Waals surface area contributed by atoms with Gasteiger partial charge in [0.25, 0.3) is 0 Å². The van der Waals surface area contributed by atoms with Gasteiger partial charge in [-0.2, -0.15) is 0 Å². The van der Waals surface area contributed by atoms with Crippen molar-refractivity contribution < 1.29 is 9.53 Å². The van der Waals surface area contributed by atoms with Crippen molar-refractivity contribution in [1.82, 2.24) is 5.32 Å². The van der Waals surface area contributed by atoms with Crippen molar-refractivity contribution in [3.05, 3.63) is 0 Å². The molecule has 2 atom stereocenters. The zero-order chi connectivity index (χ0) is 12.2. The number of halogens is 1. The first kappa shape index (κ1) is 14.0. The fourth-order valence-corrected chi connectivity index (χ4v) is 2.98. The molecule has 4 heteroatoms. The van der Waals surface area contributed by atoms with Crippen molar-refractivity contribution in [2.75, 3.05) is 13.2 Å². The molecule has 1 heterocycles. The highest BCUT2D eigenvalue weighted by Gasteiger charge is 2.24. The van der Waals surface area contributed by atoms with Gasteiger partial charge < -0.3 is 10.1 Å². The molecule has 2 unspecified atom stereocenters. The number of hydrogen-bond acceptors (Lipinski definition) is 2. The van der Waals surface area contributed by atoms with Gasteiger partial charge in [-0.3, -0.25) is 4.79 Å². The standard InChI is InChI=1S/C12H22BrNO2/c1-12(2,3)7-9(13)8-14-11(15)10-5-4-6-16-10/h9-10H,4-8H2,1-3H3,(H,14,15). The van der Waals surface area contributed by atoms with Crippen LogP contribution in [0.2, 0.25) is 0 Å². The van der Waals surface area contributed by atoms with Crippen molar-refractivity contribution in [2.45, 2.75) is 51.0 Å². The lowest BCUT2D eigenvalue weighted by molar-refractivity contribution is -0.130. The molecule has 1 fully saturated rings. The minimum atomic E-state index is -0.214. The first-order chi connectivity index (χ1) is 7.38. The summed E-state index contributed by atoms with van der Waals surface area (Å²) in [6.07, 6.45) is 2.68. The Hall–Kier alpha value is -0.0900. The summed E-state index contributed by atoms with van der Waals surface area (Å²) in [6.45, 7) is 7.99. The Labute approximate surface area is 106 Å². The number of carbonyl (C=O) groups is 1. The minimum Gasteiger partial charge on any atom is -0.368 e. The number of alkyl halides is 1. The summed E-state index contributed by atoms with van der Waals surface area (Å²) in [6, 6.07) is 0. The molecule has 0 aliphatic carbocycles. The Morgan fingerprint density at radius 1 is 1.56 bits per heavy atom. The van der Waals surface area contributed by atoms with E-state index in [2.05, 4.69) is 42.0 Å². The van der Waals surface area contributed by atoms with E-state index in [9.17, 15) is 4.79 Å². The topological polar surface area (TPSA) is 38.3 Å². The van der Waals surface area contributed by atoms with Crippen LogP contribution in [0.25, 0.3) is 0 Å². The van der Waals surface area contributed by atoms with E-state index in [1.165, 1.54) is 0 Å². The quantitative estimate of drug-likeness (QED) is 0.808. The first-order valence-electron chi connectivity index (χ1n) is 5.92. The molecule has 1 aliphatic rings. The van der Waals surface area contributed by atoms with E-state index >= 15 is 0 Å². The molecule has 0 radical (unpaired) electrons. The summed E-state index contributed by atoms with van der Waals surface area (Å²) in [5.74, 6) is 0.0378. The zero-order valence-corrected chi connectivity index (χ0v) is 12.0. The van der Waals surface area contributed by atoms with Crippen LogP contribution < -0.4 is 5.32 Å². The lowest BCUT2D eigenvalue weighted by Crippen LogP contribution is -2.38. The Bertz CT molecular complexity index is 232. The Morgan fingerprint density at radius 3 is 2.75 bits per heavy atom. The van der Waals surface area contributed by atoms with Crippen LogP contribution in [0, 0.1) is 5.41 Å². The van der Waals surface area contributed by atoms with Crippen LogP contribution in [0.4, 0.5) is 0 Å². The average molecular weight is 292 g/mol. The molecule has 3 nitrogen and oxygen atoms in total. The molecule has 1 amide bonds. The monoisotopic (exact) mass is 291 g/mol. The molecule has 0 aromatic carbocycles. The molecule has 0 spiro atoms. The van der Waals surface area contributed by atoms with Crippen molar-refractivity contribution >= 4 is 21.8 Å². The molecule has 1 N–H and O–H groups in total. The Balaban J connectivity index is 2.20. The van der Waals surface area contributed by atoms with Crippen LogP contribution in [0.5, 0.6) is 0 Å². The van der Waals surface area contributed by atoms with Crippen molar-refractivity contribution in [3.63, 3.8) is 0 Å². The van der Waals surface area contributed by atoms with Gasteiger partial charge in [-0.1, -0.05) is 36.7 Å². The normalized spacial score (nSPS) is 23.1. The molecule has 1 saturated heterocycles. The second kappa shape index (κ2) is 6.01. The molecule has 1 aliphatic heterocycles. The van der Waals surface area contributed by atoms with Crippen molar-refractivity contribution in [2.24, 2.45) is 5.41 Å². The molecule has 0 bridgehead atoms. The maximum atomic E-state index is 11.7. The fourth-order valence-electron chi connectivity index (χ4n) is 1.85. The third-order valence-electron chi connectivity index (χ3n) is 2.55. The van der Waals surface area contributed by atoms with Crippen LogP contribution in [0.1, 0.15) is 40.0 Å². The van der Waals surface area contributed by atoms with Gasteiger partial charge in [0.05, 0.1) is 0 Å². The molecular formula is C12H22BrNO2. The second-order valence-electron chi connectivity index (χ2n) is 5.61. The highest BCUT2D eigenvalue weighted by molar-refractivity contribution is 9.09. The predicted molar refractivity (Wildman–Crippen MR) is 68.8 cm³/mol. The molecular weight excluding hydrogens is 270 g/mol. The van der Waals surface area contributed by atoms with E-state index < -0.39 is 0 Å². The van der Waals surface area contributed by atoms with Gasteiger partial charge in [-0.05, 0) is 24.7 Å². The van der Waals surface area contributed by atoms with Crippen LogP contribution >= 0.6 is 15.9 Å². The van der Waals surface area contributed by atoms with Crippen LogP contribution in [0.3, 0.4) is 0 Å². The van der Waals surface area contributed by atoms with Gasteiger partial charge >= 0.3 is 0 Å². The molecule has 0 saturated carbocycles. The number of amides is 1. The second-order valence-corrected chi connectivity index (χ2v) is 6.90. The predicted octanol–water partition coefficient (Wildman–Crippen LogP) is 2.48. The molecule has 94 valence electrons.